The minimum Gasteiger partial charge on any atom is -0.354 e. The number of likely N-dealkylation sites (tertiary alicyclic amines) is 1. The molecule has 0 saturated carbocycles. The second-order valence-electron chi connectivity index (χ2n) is 6.91. The third-order valence-electron chi connectivity index (χ3n) is 5.17. The van der Waals surface area contributed by atoms with Crippen LogP contribution < -0.4 is 10.9 Å². The molecule has 2 amide bonds. The monoisotopic (exact) mass is 342 g/mol. The zero-order valence-electron chi connectivity index (χ0n) is 14.7. The van der Waals surface area contributed by atoms with Crippen molar-refractivity contribution in [2.24, 2.45) is 5.92 Å². The molecule has 1 N–H and O–H groups in total. The zero-order chi connectivity index (χ0) is 18.2. The van der Waals surface area contributed by atoms with Crippen molar-refractivity contribution in [1.29, 1.82) is 0 Å². The molecule has 2 heterocycles. The van der Waals surface area contributed by atoms with Gasteiger partial charge in [0.15, 0.2) is 0 Å². The molecule has 132 valence electrons. The minimum absolute atomic E-state index is 0.0300. The van der Waals surface area contributed by atoms with Crippen molar-refractivity contribution in [2.75, 3.05) is 13.6 Å². The van der Waals surface area contributed by atoms with Crippen LogP contribution in [0.2, 0.25) is 0 Å². The number of rotatable bonds is 4. The van der Waals surface area contributed by atoms with Crippen LogP contribution in [0, 0.1) is 5.92 Å². The third kappa shape index (κ3) is 3.01. The topological polar surface area (TPSA) is 84.3 Å². The molecule has 1 atom stereocenters. The highest BCUT2D eigenvalue weighted by Gasteiger charge is 2.47. The van der Waals surface area contributed by atoms with Crippen molar-refractivity contribution in [3.63, 3.8) is 0 Å². The van der Waals surface area contributed by atoms with E-state index in [1.54, 1.807) is 24.2 Å². The first-order valence-electron chi connectivity index (χ1n) is 8.31. The molecule has 1 aromatic carbocycles. The summed E-state index contributed by atoms with van der Waals surface area (Å²) in [7, 11) is 1.72. The lowest BCUT2D eigenvalue weighted by molar-refractivity contribution is -0.128. The number of aromatic nitrogens is 2. The second-order valence-corrected chi connectivity index (χ2v) is 6.91. The van der Waals surface area contributed by atoms with Crippen LogP contribution in [-0.2, 0) is 16.1 Å². The Bertz CT molecular complexity index is 887. The predicted octanol–water partition coefficient (Wildman–Crippen LogP) is 0.770. The van der Waals surface area contributed by atoms with E-state index < -0.39 is 11.5 Å². The first-order valence-corrected chi connectivity index (χ1v) is 8.31. The van der Waals surface area contributed by atoms with E-state index in [1.165, 1.54) is 4.68 Å². The molecule has 0 radical (unpaired) electrons. The van der Waals surface area contributed by atoms with E-state index in [4.69, 9.17) is 0 Å². The molecule has 1 aromatic heterocycles. The van der Waals surface area contributed by atoms with Crippen molar-refractivity contribution in [1.82, 2.24) is 20.0 Å². The maximum absolute atomic E-state index is 12.4. The molecular formula is C18H22N4O3. The SMILES string of the molecule is CN1C(=O)C[C@@H](C(=O)NCCn2ncc3ccccc3c2=O)C1(C)C. The van der Waals surface area contributed by atoms with Crippen LogP contribution in [0.25, 0.3) is 10.8 Å². The van der Waals surface area contributed by atoms with Crippen LogP contribution in [-0.4, -0.2) is 45.6 Å². The predicted molar refractivity (Wildman–Crippen MR) is 94.0 cm³/mol. The van der Waals surface area contributed by atoms with Crippen LogP contribution in [0.3, 0.4) is 0 Å². The molecular weight excluding hydrogens is 320 g/mol. The first kappa shape index (κ1) is 17.1. The molecule has 1 saturated heterocycles. The fraction of sp³-hybridized carbons (Fsp3) is 0.444. The number of carbonyl (C=O) groups is 2. The summed E-state index contributed by atoms with van der Waals surface area (Å²) in [6.07, 6.45) is 1.86. The lowest BCUT2D eigenvalue weighted by atomic mass is 9.88. The van der Waals surface area contributed by atoms with Gasteiger partial charge in [0.25, 0.3) is 5.56 Å². The average molecular weight is 342 g/mol. The Morgan fingerprint density at radius 2 is 2.04 bits per heavy atom. The summed E-state index contributed by atoms with van der Waals surface area (Å²) in [5, 5.41) is 8.37. The number of benzene rings is 1. The first-order chi connectivity index (χ1) is 11.8. The molecule has 1 fully saturated rings. The number of carbonyl (C=O) groups excluding carboxylic acids is 2. The van der Waals surface area contributed by atoms with E-state index in [0.29, 0.717) is 5.39 Å². The molecule has 25 heavy (non-hydrogen) atoms. The highest BCUT2D eigenvalue weighted by atomic mass is 16.2. The summed E-state index contributed by atoms with van der Waals surface area (Å²) >= 11 is 0. The average Bonchev–Trinajstić information content (AvgIpc) is 2.80. The Kier molecular flexibility index (Phi) is 4.32. The second kappa shape index (κ2) is 6.31. The van der Waals surface area contributed by atoms with Gasteiger partial charge in [0.2, 0.25) is 11.8 Å². The van der Waals surface area contributed by atoms with Gasteiger partial charge in [0.1, 0.15) is 0 Å². The summed E-state index contributed by atoms with van der Waals surface area (Å²) in [4.78, 5) is 38.3. The number of amides is 2. The van der Waals surface area contributed by atoms with E-state index in [1.807, 2.05) is 32.0 Å². The van der Waals surface area contributed by atoms with Gasteiger partial charge in [-0.15, -0.1) is 0 Å². The Hall–Kier alpha value is -2.70. The zero-order valence-corrected chi connectivity index (χ0v) is 14.7. The molecule has 1 aliphatic heterocycles. The summed E-state index contributed by atoms with van der Waals surface area (Å²) in [6, 6.07) is 7.27. The van der Waals surface area contributed by atoms with Crippen molar-refractivity contribution < 1.29 is 9.59 Å². The van der Waals surface area contributed by atoms with Crippen LogP contribution >= 0.6 is 0 Å². The van der Waals surface area contributed by atoms with Gasteiger partial charge in [-0.05, 0) is 19.9 Å². The van der Waals surface area contributed by atoms with E-state index in [9.17, 15) is 14.4 Å². The molecule has 0 spiro atoms. The van der Waals surface area contributed by atoms with Gasteiger partial charge in [-0.2, -0.15) is 5.10 Å². The number of nitrogens with zero attached hydrogens (tertiary/aromatic N) is 3. The molecule has 0 bridgehead atoms. The van der Waals surface area contributed by atoms with Crippen LogP contribution in [0.4, 0.5) is 0 Å². The van der Waals surface area contributed by atoms with Gasteiger partial charge >= 0.3 is 0 Å². The van der Waals surface area contributed by atoms with Gasteiger partial charge in [0.05, 0.1) is 24.0 Å². The fourth-order valence-corrected chi connectivity index (χ4v) is 3.23. The number of hydrogen-bond donors (Lipinski definition) is 1. The van der Waals surface area contributed by atoms with Crippen molar-refractivity contribution in [3.8, 4) is 0 Å². The molecule has 0 aliphatic carbocycles. The lowest BCUT2D eigenvalue weighted by Gasteiger charge is -2.32. The van der Waals surface area contributed by atoms with Gasteiger partial charge < -0.3 is 10.2 Å². The largest absolute Gasteiger partial charge is 0.354 e. The van der Waals surface area contributed by atoms with E-state index in [-0.39, 0.29) is 36.9 Å². The molecule has 3 rings (SSSR count). The molecule has 0 unspecified atom stereocenters. The van der Waals surface area contributed by atoms with E-state index in [0.717, 1.165) is 5.39 Å². The van der Waals surface area contributed by atoms with Gasteiger partial charge in [-0.25, -0.2) is 4.68 Å². The number of fused-ring (bicyclic) bond motifs is 1. The smallest absolute Gasteiger partial charge is 0.274 e. The maximum atomic E-state index is 12.4. The molecule has 7 nitrogen and oxygen atoms in total. The fourth-order valence-electron chi connectivity index (χ4n) is 3.23. The summed E-state index contributed by atoms with van der Waals surface area (Å²) in [6.45, 7) is 4.34. The molecule has 7 heteroatoms. The summed E-state index contributed by atoms with van der Waals surface area (Å²) in [5.74, 6) is -0.597. The van der Waals surface area contributed by atoms with Crippen LogP contribution in [0.15, 0.2) is 35.3 Å². The van der Waals surface area contributed by atoms with Crippen LogP contribution in [0.1, 0.15) is 20.3 Å². The standard InChI is InChI=1S/C18H22N4O3/c1-18(2)14(10-15(23)21(18)3)16(24)19-8-9-22-17(25)13-7-5-4-6-12(13)11-20-22/h4-7,11,14H,8-10H2,1-3H3,(H,19,24)/t14-/m0/s1. The maximum Gasteiger partial charge on any atom is 0.274 e. The highest BCUT2D eigenvalue weighted by Crippen LogP contribution is 2.34. The van der Waals surface area contributed by atoms with Crippen molar-refractivity contribution in [2.45, 2.75) is 32.4 Å². The lowest BCUT2D eigenvalue weighted by Crippen LogP contribution is -2.47. The Morgan fingerprint density at radius 3 is 2.72 bits per heavy atom. The molecule has 1 aliphatic rings. The van der Waals surface area contributed by atoms with Gasteiger partial charge in [0, 0.05) is 30.9 Å². The quantitative estimate of drug-likeness (QED) is 0.889. The van der Waals surface area contributed by atoms with Crippen LogP contribution in [0.5, 0.6) is 0 Å². The van der Waals surface area contributed by atoms with Gasteiger partial charge in [-0.3, -0.25) is 14.4 Å². The molecule has 2 aromatic rings. The van der Waals surface area contributed by atoms with Crippen molar-refractivity contribution >= 4 is 22.6 Å². The van der Waals surface area contributed by atoms with Crippen molar-refractivity contribution in [3.05, 3.63) is 40.8 Å². The normalized spacial score (nSPS) is 19.4. The van der Waals surface area contributed by atoms with E-state index >= 15 is 0 Å². The highest BCUT2D eigenvalue weighted by molar-refractivity contribution is 5.90. The summed E-state index contributed by atoms with van der Waals surface area (Å²) < 4.78 is 1.35. The van der Waals surface area contributed by atoms with Gasteiger partial charge in [-0.1, -0.05) is 18.2 Å². The Balaban J connectivity index is 1.66. The Labute approximate surface area is 145 Å². The Morgan fingerprint density at radius 1 is 1.32 bits per heavy atom. The minimum atomic E-state index is -0.515. The third-order valence-corrected chi connectivity index (χ3v) is 5.17. The number of hydrogen-bond acceptors (Lipinski definition) is 4. The summed E-state index contributed by atoms with van der Waals surface area (Å²) in [5.41, 5.74) is -0.692. The van der Waals surface area contributed by atoms with E-state index in [2.05, 4.69) is 10.4 Å². The number of nitrogens with one attached hydrogen (secondary N) is 1.